The van der Waals surface area contributed by atoms with Gasteiger partial charge in [-0.25, -0.2) is 8.78 Å². The molecule has 5 heteroatoms. The van der Waals surface area contributed by atoms with Crippen molar-refractivity contribution in [2.45, 2.75) is 70.7 Å². The van der Waals surface area contributed by atoms with Gasteiger partial charge in [0.1, 0.15) is 0 Å². The minimum absolute atomic E-state index is 0.0870. The summed E-state index contributed by atoms with van der Waals surface area (Å²) in [6.45, 7) is 5.75. The van der Waals surface area contributed by atoms with Crippen LogP contribution in [-0.4, -0.2) is 26.1 Å². The van der Waals surface area contributed by atoms with Gasteiger partial charge in [0.2, 0.25) is 0 Å². The van der Waals surface area contributed by atoms with E-state index in [2.05, 4.69) is 13.8 Å². The van der Waals surface area contributed by atoms with Crippen molar-refractivity contribution in [1.82, 2.24) is 0 Å². The number of hydrogen-bond acceptors (Lipinski definition) is 3. The topological polar surface area (TPSA) is 27.7 Å². The molecule has 2 aliphatic rings. The first-order valence-electron chi connectivity index (χ1n) is 12.0. The van der Waals surface area contributed by atoms with Crippen LogP contribution in [0.3, 0.4) is 0 Å². The molecule has 2 unspecified atom stereocenters. The summed E-state index contributed by atoms with van der Waals surface area (Å²) in [5, 5.41) is 0. The molecule has 0 radical (unpaired) electrons. The van der Waals surface area contributed by atoms with Crippen LogP contribution < -0.4 is 0 Å². The van der Waals surface area contributed by atoms with E-state index >= 15 is 0 Å². The predicted octanol–water partition coefficient (Wildman–Crippen LogP) is 7.16. The van der Waals surface area contributed by atoms with E-state index in [0.717, 1.165) is 31.4 Å². The maximum atomic E-state index is 15.0. The molecule has 0 amide bonds. The highest BCUT2D eigenvalue weighted by Crippen LogP contribution is 2.35. The monoisotopic (exact) mass is 444 g/mol. The molecule has 2 fully saturated rings. The Bertz CT molecular complexity index is 867. The number of hydrogen-bond donors (Lipinski definition) is 0. The third kappa shape index (κ3) is 5.22. The van der Waals surface area contributed by atoms with Crippen LogP contribution in [0.4, 0.5) is 8.78 Å². The van der Waals surface area contributed by atoms with Gasteiger partial charge < -0.3 is 14.2 Å². The Morgan fingerprint density at radius 2 is 1.50 bits per heavy atom. The normalized spacial score (nSPS) is 26.2. The molecule has 0 bridgehead atoms. The molecular formula is C27H34F2O3. The average Bonchev–Trinajstić information content (AvgIpc) is 2.83. The Kier molecular flexibility index (Phi) is 7.93. The maximum Gasteiger partial charge on any atom is 0.166 e. The lowest BCUT2D eigenvalue weighted by Crippen LogP contribution is -2.31. The van der Waals surface area contributed by atoms with Crippen LogP contribution in [0.2, 0.25) is 0 Å². The van der Waals surface area contributed by atoms with Gasteiger partial charge in [0.05, 0.1) is 25.9 Å². The fourth-order valence-corrected chi connectivity index (χ4v) is 4.81. The molecule has 0 spiro atoms. The molecule has 0 saturated carbocycles. The van der Waals surface area contributed by atoms with Gasteiger partial charge >= 0.3 is 0 Å². The number of benzene rings is 2. The Hall–Kier alpha value is -1.82. The summed E-state index contributed by atoms with van der Waals surface area (Å²) in [4.78, 5) is 0. The zero-order valence-corrected chi connectivity index (χ0v) is 19.1. The molecule has 2 heterocycles. The molecule has 4 rings (SSSR count). The largest absolute Gasteiger partial charge is 0.373 e. The quantitative estimate of drug-likeness (QED) is 0.454. The van der Waals surface area contributed by atoms with E-state index < -0.39 is 11.6 Å². The van der Waals surface area contributed by atoms with Crippen molar-refractivity contribution in [2.24, 2.45) is 5.92 Å². The molecule has 0 aliphatic carbocycles. The minimum atomic E-state index is -0.817. The first-order valence-corrected chi connectivity index (χ1v) is 12.0. The third-order valence-corrected chi connectivity index (χ3v) is 6.70. The van der Waals surface area contributed by atoms with Gasteiger partial charge in [0, 0.05) is 11.5 Å². The summed E-state index contributed by atoms with van der Waals surface area (Å²) in [7, 11) is 0. The average molecular weight is 445 g/mol. The molecule has 2 aromatic carbocycles. The maximum absolute atomic E-state index is 15.0. The van der Waals surface area contributed by atoms with Crippen LogP contribution in [0.15, 0.2) is 36.4 Å². The Balaban J connectivity index is 1.43. The molecule has 2 aliphatic heterocycles. The summed E-state index contributed by atoms with van der Waals surface area (Å²) < 4.78 is 47.3. The van der Waals surface area contributed by atoms with E-state index in [1.165, 1.54) is 19.3 Å². The first-order chi connectivity index (χ1) is 15.6. The van der Waals surface area contributed by atoms with Crippen LogP contribution in [0, 0.1) is 17.6 Å². The van der Waals surface area contributed by atoms with E-state index in [4.69, 9.17) is 14.2 Å². The molecule has 3 nitrogen and oxygen atoms in total. The number of halogens is 2. The van der Waals surface area contributed by atoms with Gasteiger partial charge in [-0.3, -0.25) is 0 Å². The smallest absolute Gasteiger partial charge is 0.166 e. The molecule has 0 N–H and O–H groups in total. The lowest BCUT2D eigenvalue weighted by atomic mass is 9.91. The van der Waals surface area contributed by atoms with Crippen molar-refractivity contribution in [1.29, 1.82) is 0 Å². The van der Waals surface area contributed by atoms with E-state index in [9.17, 15) is 8.78 Å². The Labute approximate surface area is 190 Å². The Morgan fingerprint density at radius 1 is 0.781 bits per heavy atom. The molecule has 0 aromatic heterocycles. The highest BCUT2D eigenvalue weighted by molar-refractivity contribution is 5.65. The molecule has 174 valence electrons. The van der Waals surface area contributed by atoms with Crippen molar-refractivity contribution < 1.29 is 23.0 Å². The molecule has 2 saturated heterocycles. The standard InChI is InChI=1S/C27H34F2O3/c1-3-5-18-7-14-24(30-15-18)20-10-8-19(9-11-20)22-12-13-23(27(29)26(22)28)21-16-31-25(6-4-2)32-17-21/h8-13,18,21,24-25H,3-7,14-17H2,1-2H3. The highest BCUT2D eigenvalue weighted by atomic mass is 19.2. The number of ether oxygens (including phenoxy) is 3. The van der Waals surface area contributed by atoms with E-state index in [0.29, 0.717) is 30.3 Å². The third-order valence-electron chi connectivity index (χ3n) is 6.70. The van der Waals surface area contributed by atoms with E-state index in [-0.39, 0.29) is 23.9 Å². The van der Waals surface area contributed by atoms with Crippen molar-refractivity contribution >= 4 is 0 Å². The highest BCUT2D eigenvalue weighted by Gasteiger charge is 2.27. The summed E-state index contributed by atoms with van der Waals surface area (Å²) in [6.07, 6.45) is 6.19. The minimum Gasteiger partial charge on any atom is -0.373 e. The zero-order chi connectivity index (χ0) is 22.5. The lowest BCUT2D eigenvalue weighted by Gasteiger charge is -2.30. The first kappa shape index (κ1) is 23.3. The zero-order valence-electron chi connectivity index (χ0n) is 19.1. The van der Waals surface area contributed by atoms with Crippen LogP contribution in [0.1, 0.15) is 75.5 Å². The van der Waals surface area contributed by atoms with Gasteiger partial charge in [-0.2, -0.15) is 0 Å². The van der Waals surface area contributed by atoms with Gasteiger partial charge in [-0.1, -0.05) is 63.1 Å². The molecule has 32 heavy (non-hydrogen) atoms. The van der Waals surface area contributed by atoms with Crippen LogP contribution in [0.5, 0.6) is 0 Å². The van der Waals surface area contributed by atoms with Crippen molar-refractivity contribution in [3.8, 4) is 11.1 Å². The summed E-state index contributed by atoms with van der Waals surface area (Å²) in [5.74, 6) is -1.27. The second kappa shape index (κ2) is 10.9. The number of rotatable bonds is 7. The van der Waals surface area contributed by atoms with Crippen LogP contribution >= 0.6 is 0 Å². The van der Waals surface area contributed by atoms with Crippen molar-refractivity contribution in [3.05, 3.63) is 59.2 Å². The second-order valence-corrected chi connectivity index (χ2v) is 9.09. The summed E-state index contributed by atoms with van der Waals surface area (Å²) in [6, 6.07) is 11.0. The lowest BCUT2D eigenvalue weighted by molar-refractivity contribution is -0.190. The van der Waals surface area contributed by atoms with E-state index in [1.54, 1.807) is 12.1 Å². The van der Waals surface area contributed by atoms with Crippen molar-refractivity contribution in [3.63, 3.8) is 0 Å². The molecular weight excluding hydrogens is 410 g/mol. The van der Waals surface area contributed by atoms with E-state index in [1.807, 2.05) is 24.3 Å². The fraction of sp³-hybridized carbons (Fsp3) is 0.556. The molecule has 2 aromatic rings. The summed E-state index contributed by atoms with van der Waals surface area (Å²) in [5.41, 5.74) is 2.34. The summed E-state index contributed by atoms with van der Waals surface area (Å²) >= 11 is 0. The fourth-order valence-electron chi connectivity index (χ4n) is 4.81. The van der Waals surface area contributed by atoms with Crippen molar-refractivity contribution in [2.75, 3.05) is 19.8 Å². The van der Waals surface area contributed by atoms with Crippen LogP contribution in [-0.2, 0) is 14.2 Å². The predicted molar refractivity (Wildman–Crippen MR) is 121 cm³/mol. The second-order valence-electron chi connectivity index (χ2n) is 9.09. The Morgan fingerprint density at radius 3 is 2.12 bits per heavy atom. The SMILES string of the molecule is CCCC1CCC(c2ccc(-c3ccc(C4COC(CCC)OC4)c(F)c3F)cc2)OC1. The van der Waals surface area contributed by atoms with Gasteiger partial charge in [0.25, 0.3) is 0 Å². The van der Waals surface area contributed by atoms with Gasteiger partial charge in [-0.05, 0) is 48.3 Å². The van der Waals surface area contributed by atoms with Gasteiger partial charge in [-0.15, -0.1) is 0 Å². The van der Waals surface area contributed by atoms with Gasteiger partial charge in [0.15, 0.2) is 17.9 Å². The molecule has 2 atom stereocenters. The van der Waals surface area contributed by atoms with Crippen LogP contribution in [0.25, 0.3) is 11.1 Å².